The summed E-state index contributed by atoms with van der Waals surface area (Å²) in [6.07, 6.45) is 2.13. The summed E-state index contributed by atoms with van der Waals surface area (Å²) >= 11 is 0. The highest BCUT2D eigenvalue weighted by atomic mass is 19.1. The maximum Gasteiger partial charge on any atom is 0.410 e. The molecule has 1 aromatic carbocycles. The van der Waals surface area contributed by atoms with Crippen LogP contribution in [0.1, 0.15) is 41.5 Å². The van der Waals surface area contributed by atoms with Crippen molar-refractivity contribution >= 4 is 17.8 Å². The SMILES string of the molecule is C[C@@H](C(=O)Nc1cnc(Oc2ccc(F)cc2F)cn1)N1CCN(C(=O)OC(C)(C)C)C(C)(C)C1. The first kappa shape index (κ1) is 26.3. The first-order valence-corrected chi connectivity index (χ1v) is 11.3. The fourth-order valence-corrected chi connectivity index (χ4v) is 3.68. The lowest BCUT2D eigenvalue weighted by atomic mass is 9.98. The third-order valence-electron chi connectivity index (χ3n) is 5.46. The first-order chi connectivity index (χ1) is 16.2. The van der Waals surface area contributed by atoms with Gasteiger partial charge in [-0.25, -0.2) is 23.5 Å². The van der Waals surface area contributed by atoms with Crippen molar-refractivity contribution in [2.75, 3.05) is 25.0 Å². The van der Waals surface area contributed by atoms with Crippen LogP contribution < -0.4 is 10.1 Å². The van der Waals surface area contributed by atoms with Crippen molar-refractivity contribution in [3.8, 4) is 11.6 Å². The van der Waals surface area contributed by atoms with Crippen molar-refractivity contribution in [3.05, 3.63) is 42.2 Å². The maximum absolute atomic E-state index is 13.7. The average molecular weight is 492 g/mol. The van der Waals surface area contributed by atoms with Gasteiger partial charge in [0.2, 0.25) is 11.8 Å². The lowest BCUT2D eigenvalue weighted by Gasteiger charge is -2.48. The van der Waals surface area contributed by atoms with Crippen molar-refractivity contribution in [1.29, 1.82) is 0 Å². The van der Waals surface area contributed by atoms with Crippen molar-refractivity contribution in [2.24, 2.45) is 0 Å². The quantitative estimate of drug-likeness (QED) is 0.669. The van der Waals surface area contributed by atoms with E-state index < -0.39 is 28.8 Å². The Labute approximate surface area is 203 Å². The molecule has 1 N–H and O–H groups in total. The second-order valence-electron chi connectivity index (χ2n) is 10.00. The Morgan fingerprint density at radius 3 is 2.43 bits per heavy atom. The largest absolute Gasteiger partial charge is 0.444 e. The molecule has 35 heavy (non-hydrogen) atoms. The maximum atomic E-state index is 13.7. The van der Waals surface area contributed by atoms with E-state index in [-0.39, 0.29) is 29.4 Å². The molecular formula is C24H31F2N5O4. The highest BCUT2D eigenvalue weighted by Gasteiger charge is 2.41. The number of nitrogens with one attached hydrogen (secondary N) is 1. The van der Waals surface area contributed by atoms with Gasteiger partial charge in [-0.15, -0.1) is 0 Å². The number of carbonyl (C=O) groups excluding carboxylic acids is 2. The molecule has 0 aliphatic carbocycles. The molecule has 9 nitrogen and oxygen atoms in total. The van der Waals surface area contributed by atoms with Crippen LogP contribution in [0.5, 0.6) is 11.6 Å². The second kappa shape index (κ2) is 10.1. The highest BCUT2D eigenvalue weighted by molar-refractivity contribution is 5.93. The molecule has 190 valence electrons. The molecule has 1 atom stereocenters. The van der Waals surface area contributed by atoms with Crippen molar-refractivity contribution in [3.63, 3.8) is 0 Å². The van der Waals surface area contributed by atoms with E-state index in [0.29, 0.717) is 25.7 Å². The smallest absolute Gasteiger partial charge is 0.410 e. The molecule has 1 fully saturated rings. The minimum absolute atomic E-state index is 0.0124. The molecule has 2 aromatic rings. The molecular weight excluding hydrogens is 460 g/mol. The van der Waals surface area contributed by atoms with E-state index in [1.54, 1.807) is 11.8 Å². The van der Waals surface area contributed by atoms with Gasteiger partial charge in [0.25, 0.3) is 0 Å². The Balaban J connectivity index is 1.58. The molecule has 0 bridgehead atoms. The lowest BCUT2D eigenvalue weighted by molar-refractivity contribution is -0.122. The summed E-state index contributed by atoms with van der Waals surface area (Å²) in [6, 6.07) is 2.42. The zero-order valence-corrected chi connectivity index (χ0v) is 20.8. The Morgan fingerprint density at radius 1 is 1.14 bits per heavy atom. The van der Waals surface area contributed by atoms with Gasteiger partial charge >= 0.3 is 6.09 Å². The van der Waals surface area contributed by atoms with Crippen LogP contribution in [0, 0.1) is 11.6 Å². The number of ether oxygens (including phenoxy) is 2. The van der Waals surface area contributed by atoms with Crippen LogP contribution in [0.4, 0.5) is 19.4 Å². The molecule has 0 unspecified atom stereocenters. The van der Waals surface area contributed by atoms with Gasteiger partial charge in [0.05, 0.1) is 24.0 Å². The zero-order chi connectivity index (χ0) is 26.0. The minimum atomic E-state index is -0.868. The number of amides is 2. The summed E-state index contributed by atoms with van der Waals surface area (Å²) < 4.78 is 37.6. The zero-order valence-electron chi connectivity index (χ0n) is 20.8. The predicted octanol–water partition coefficient (Wildman–Crippen LogP) is 4.21. The fourth-order valence-electron chi connectivity index (χ4n) is 3.68. The van der Waals surface area contributed by atoms with E-state index in [1.807, 2.05) is 39.5 Å². The summed E-state index contributed by atoms with van der Waals surface area (Å²) in [7, 11) is 0. The third kappa shape index (κ3) is 6.84. The molecule has 11 heteroatoms. The molecule has 2 amide bonds. The molecule has 0 saturated carbocycles. The molecule has 3 rings (SSSR count). The van der Waals surface area contributed by atoms with E-state index in [0.717, 1.165) is 12.1 Å². The van der Waals surface area contributed by atoms with E-state index in [2.05, 4.69) is 15.3 Å². The highest BCUT2D eigenvalue weighted by Crippen LogP contribution is 2.26. The summed E-state index contributed by atoms with van der Waals surface area (Å²) in [4.78, 5) is 37.2. The number of benzene rings is 1. The molecule has 2 heterocycles. The van der Waals surface area contributed by atoms with E-state index >= 15 is 0 Å². The van der Waals surface area contributed by atoms with Gasteiger partial charge in [0.1, 0.15) is 11.4 Å². The standard InChI is InChI=1S/C24H31F2N5O4/c1-15(30-9-10-31(24(5,6)14-30)22(33)35-23(2,3)4)21(32)29-19-12-28-20(13-27-19)34-18-8-7-16(25)11-17(18)26/h7-8,11-13,15H,9-10,14H2,1-6H3,(H,27,29,32)/t15-/m0/s1. The number of hydrogen-bond acceptors (Lipinski definition) is 7. The van der Waals surface area contributed by atoms with Crippen LogP contribution in [-0.4, -0.2) is 68.6 Å². The number of anilines is 1. The monoisotopic (exact) mass is 491 g/mol. The Hall–Kier alpha value is -3.34. The van der Waals surface area contributed by atoms with Gasteiger partial charge in [-0.05, 0) is 53.7 Å². The summed E-state index contributed by atoms with van der Waals surface area (Å²) in [6.45, 7) is 12.5. The molecule has 1 aliphatic rings. The Bertz CT molecular complexity index is 1070. The number of nitrogens with zero attached hydrogens (tertiary/aromatic N) is 4. The number of halogens is 2. The Kier molecular flexibility index (Phi) is 7.59. The van der Waals surface area contributed by atoms with Crippen molar-refractivity contribution < 1.29 is 27.8 Å². The topological polar surface area (TPSA) is 96.9 Å². The number of rotatable bonds is 5. The van der Waals surface area contributed by atoms with Gasteiger partial charge in [0, 0.05) is 25.7 Å². The minimum Gasteiger partial charge on any atom is -0.444 e. The van der Waals surface area contributed by atoms with Gasteiger partial charge in [0.15, 0.2) is 17.4 Å². The average Bonchev–Trinajstić information content (AvgIpc) is 2.74. The van der Waals surface area contributed by atoms with Crippen LogP contribution in [-0.2, 0) is 9.53 Å². The van der Waals surface area contributed by atoms with Crippen LogP contribution >= 0.6 is 0 Å². The van der Waals surface area contributed by atoms with Crippen LogP contribution in [0.25, 0.3) is 0 Å². The van der Waals surface area contributed by atoms with Crippen LogP contribution in [0.2, 0.25) is 0 Å². The van der Waals surface area contributed by atoms with Gasteiger partial charge in [-0.3, -0.25) is 9.69 Å². The number of aromatic nitrogens is 2. The van der Waals surface area contributed by atoms with Crippen molar-refractivity contribution in [1.82, 2.24) is 19.8 Å². The summed E-state index contributed by atoms with van der Waals surface area (Å²) in [5.74, 6) is -1.89. The van der Waals surface area contributed by atoms with Gasteiger partial charge in [-0.2, -0.15) is 0 Å². The molecule has 1 aliphatic heterocycles. The predicted molar refractivity (Wildman–Crippen MR) is 125 cm³/mol. The Morgan fingerprint density at radius 2 is 1.86 bits per heavy atom. The summed E-state index contributed by atoms with van der Waals surface area (Å²) in [5, 5.41) is 2.70. The molecule has 1 aromatic heterocycles. The van der Waals surface area contributed by atoms with Crippen molar-refractivity contribution in [2.45, 2.75) is 58.7 Å². The van der Waals surface area contributed by atoms with Crippen LogP contribution in [0.3, 0.4) is 0 Å². The normalized spacial score (nSPS) is 17.0. The lowest BCUT2D eigenvalue weighted by Crippen LogP contribution is -2.64. The number of hydrogen-bond donors (Lipinski definition) is 1. The molecule has 1 saturated heterocycles. The van der Waals surface area contributed by atoms with E-state index in [1.165, 1.54) is 12.4 Å². The van der Waals surface area contributed by atoms with E-state index in [4.69, 9.17) is 9.47 Å². The first-order valence-electron chi connectivity index (χ1n) is 11.3. The number of carbonyl (C=O) groups is 2. The molecule has 0 spiro atoms. The third-order valence-corrected chi connectivity index (χ3v) is 5.46. The van der Waals surface area contributed by atoms with E-state index in [9.17, 15) is 18.4 Å². The molecule has 0 radical (unpaired) electrons. The fraction of sp³-hybridized carbons (Fsp3) is 0.500. The second-order valence-corrected chi connectivity index (χ2v) is 10.00. The number of piperazine rings is 1. The van der Waals surface area contributed by atoms with Gasteiger partial charge in [-0.1, -0.05) is 0 Å². The summed E-state index contributed by atoms with van der Waals surface area (Å²) in [5.41, 5.74) is -1.13. The van der Waals surface area contributed by atoms with Gasteiger partial charge < -0.3 is 19.7 Å². The van der Waals surface area contributed by atoms with Crippen LogP contribution in [0.15, 0.2) is 30.6 Å².